The Kier molecular flexibility index (Phi) is 6.80. The van der Waals surface area contributed by atoms with Crippen LogP contribution in [0.1, 0.15) is 68.9 Å². The van der Waals surface area contributed by atoms with Crippen molar-refractivity contribution in [3.63, 3.8) is 0 Å². The third-order valence-electron chi connectivity index (χ3n) is 8.18. The minimum atomic E-state index is -0.109. The van der Waals surface area contributed by atoms with E-state index in [9.17, 15) is 0 Å². The maximum atomic E-state index is 15.2. The number of hydrogen-bond donors (Lipinski definition) is 0. The van der Waals surface area contributed by atoms with Gasteiger partial charge in [-0.25, -0.2) is 4.39 Å². The molecular weight excluding hydrogens is 407 g/mol. The zero-order valence-electron chi connectivity index (χ0n) is 19.7. The standard InChI is InChI=1S/C31H35FO/c1-2-22-8-9-26-19-27(11-10-25(26)18-22)28-14-17-30(31(32)20-28)24-12-15-29(16-13-24)33-21-23-6-4-3-5-7-23/h3-7,12-17,20,22,25-27H,2,8-11,18-19,21H2,1H3/t22?,25-,26-,27-/m1/s1. The lowest BCUT2D eigenvalue weighted by atomic mass is 9.63. The van der Waals surface area contributed by atoms with Gasteiger partial charge in [-0.05, 0) is 90.7 Å². The van der Waals surface area contributed by atoms with Crippen LogP contribution in [0.25, 0.3) is 11.1 Å². The van der Waals surface area contributed by atoms with E-state index in [1.54, 1.807) is 6.07 Å². The summed E-state index contributed by atoms with van der Waals surface area (Å²) in [5.41, 5.74) is 3.89. The van der Waals surface area contributed by atoms with Gasteiger partial charge in [-0.1, -0.05) is 74.4 Å². The van der Waals surface area contributed by atoms with E-state index >= 15 is 4.39 Å². The summed E-state index contributed by atoms with van der Waals surface area (Å²) in [5, 5.41) is 0. The SMILES string of the molecule is CCC1CC[C@@H]2C[C@H](c3ccc(-c4ccc(OCc5ccccc5)cc4)c(F)c3)CC[C@@H]2C1. The minimum Gasteiger partial charge on any atom is -0.489 e. The third-order valence-corrected chi connectivity index (χ3v) is 8.18. The topological polar surface area (TPSA) is 9.23 Å². The van der Waals surface area contributed by atoms with E-state index in [1.807, 2.05) is 60.7 Å². The number of benzene rings is 3. The number of hydrogen-bond acceptors (Lipinski definition) is 1. The van der Waals surface area contributed by atoms with Crippen molar-refractivity contribution in [2.75, 3.05) is 0 Å². The van der Waals surface area contributed by atoms with E-state index in [2.05, 4.69) is 13.0 Å². The fourth-order valence-corrected chi connectivity index (χ4v) is 6.15. The summed E-state index contributed by atoms with van der Waals surface area (Å²) in [6.07, 6.45) is 9.30. The Labute approximate surface area is 198 Å². The minimum absolute atomic E-state index is 0.109. The molecule has 33 heavy (non-hydrogen) atoms. The Morgan fingerprint density at radius 1 is 0.818 bits per heavy atom. The second-order valence-electron chi connectivity index (χ2n) is 10.2. The Bertz CT molecular complexity index is 1040. The maximum Gasteiger partial charge on any atom is 0.131 e. The lowest BCUT2D eigenvalue weighted by Gasteiger charge is -2.42. The first-order valence-electron chi connectivity index (χ1n) is 12.8. The molecule has 2 fully saturated rings. The fraction of sp³-hybridized carbons (Fsp3) is 0.419. The summed E-state index contributed by atoms with van der Waals surface area (Å²) in [7, 11) is 0. The molecule has 0 aromatic heterocycles. The molecule has 0 bridgehead atoms. The van der Waals surface area contributed by atoms with Crippen LogP contribution in [-0.2, 0) is 6.61 Å². The van der Waals surface area contributed by atoms with Gasteiger partial charge in [0, 0.05) is 5.56 Å². The van der Waals surface area contributed by atoms with Crippen LogP contribution in [0, 0.1) is 23.6 Å². The number of ether oxygens (including phenoxy) is 1. The summed E-state index contributed by atoms with van der Waals surface area (Å²) in [4.78, 5) is 0. The quantitative estimate of drug-likeness (QED) is 0.371. The van der Waals surface area contributed by atoms with Crippen LogP contribution < -0.4 is 4.74 Å². The molecule has 4 atom stereocenters. The van der Waals surface area contributed by atoms with Gasteiger partial charge >= 0.3 is 0 Å². The Morgan fingerprint density at radius 3 is 2.33 bits per heavy atom. The highest BCUT2D eigenvalue weighted by Gasteiger charge is 2.35. The van der Waals surface area contributed by atoms with Crippen molar-refractivity contribution in [1.29, 1.82) is 0 Å². The fourth-order valence-electron chi connectivity index (χ4n) is 6.15. The largest absolute Gasteiger partial charge is 0.489 e. The summed E-state index contributed by atoms with van der Waals surface area (Å²) in [6.45, 7) is 2.87. The summed E-state index contributed by atoms with van der Waals surface area (Å²) < 4.78 is 21.0. The van der Waals surface area contributed by atoms with Crippen LogP contribution in [0.2, 0.25) is 0 Å². The zero-order valence-corrected chi connectivity index (χ0v) is 19.7. The average Bonchev–Trinajstić information content (AvgIpc) is 2.88. The van der Waals surface area contributed by atoms with Gasteiger partial charge in [0.25, 0.3) is 0 Å². The van der Waals surface area contributed by atoms with Crippen molar-refractivity contribution in [3.8, 4) is 16.9 Å². The van der Waals surface area contributed by atoms with Gasteiger partial charge in [-0.3, -0.25) is 0 Å². The molecule has 0 radical (unpaired) electrons. The molecule has 0 heterocycles. The maximum absolute atomic E-state index is 15.2. The van der Waals surface area contributed by atoms with Crippen molar-refractivity contribution < 1.29 is 9.13 Å². The monoisotopic (exact) mass is 442 g/mol. The molecule has 2 heteroatoms. The van der Waals surface area contributed by atoms with Crippen LogP contribution in [-0.4, -0.2) is 0 Å². The van der Waals surface area contributed by atoms with Gasteiger partial charge in [0.15, 0.2) is 0 Å². The molecule has 0 saturated heterocycles. The Hall–Kier alpha value is -2.61. The predicted octanol–water partition coefficient (Wildman–Crippen LogP) is 8.78. The first-order valence-corrected chi connectivity index (χ1v) is 12.8. The van der Waals surface area contributed by atoms with Crippen molar-refractivity contribution >= 4 is 0 Å². The molecule has 2 aliphatic rings. The Balaban J connectivity index is 1.23. The van der Waals surface area contributed by atoms with Gasteiger partial charge in [0.2, 0.25) is 0 Å². The van der Waals surface area contributed by atoms with E-state index in [-0.39, 0.29) is 5.82 Å². The van der Waals surface area contributed by atoms with E-state index in [1.165, 1.54) is 50.5 Å². The van der Waals surface area contributed by atoms with Crippen LogP contribution in [0.4, 0.5) is 4.39 Å². The van der Waals surface area contributed by atoms with Crippen molar-refractivity contribution in [2.24, 2.45) is 17.8 Å². The predicted molar refractivity (Wildman–Crippen MR) is 134 cm³/mol. The van der Waals surface area contributed by atoms with E-state index in [0.717, 1.165) is 34.6 Å². The highest BCUT2D eigenvalue weighted by molar-refractivity contribution is 5.65. The first kappa shape index (κ1) is 22.2. The highest BCUT2D eigenvalue weighted by atomic mass is 19.1. The van der Waals surface area contributed by atoms with Crippen LogP contribution in [0.5, 0.6) is 5.75 Å². The summed E-state index contributed by atoms with van der Waals surface area (Å²) in [5.74, 6) is 3.90. The molecule has 0 amide bonds. The van der Waals surface area contributed by atoms with E-state index < -0.39 is 0 Å². The molecule has 172 valence electrons. The van der Waals surface area contributed by atoms with Gasteiger partial charge in [0.1, 0.15) is 18.2 Å². The molecule has 0 spiro atoms. The van der Waals surface area contributed by atoms with Crippen molar-refractivity contribution in [3.05, 3.63) is 89.7 Å². The molecule has 0 aliphatic heterocycles. The molecule has 5 rings (SSSR count). The second kappa shape index (κ2) is 10.1. The van der Waals surface area contributed by atoms with Crippen LogP contribution >= 0.6 is 0 Å². The summed E-state index contributed by atoms with van der Waals surface area (Å²) >= 11 is 0. The lowest BCUT2D eigenvalue weighted by molar-refractivity contribution is 0.116. The van der Waals surface area contributed by atoms with Gasteiger partial charge in [-0.15, -0.1) is 0 Å². The molecule has 2 saturated carbocycles. The molecule has 0 N–H and O–H groups in total. The smallest absolute Gasteiger partial charge is 0.131 e. The van der Waals surface area contributed by atoms with Crippen molar-refractivity contribution in [1.82, 2.24) is 0 Å². The van der Waals surface area contributed by atoms with Crippen LogP contribution in [0.15, 0.2) is 72.8 Å². The number of fused-ring (bicyclic) bond motifs is 1. The van der Waals surface area contributed by atoms with Gasteiger partial charge in [0.05, 0.1) is 0 Å². The van der Waals surface area contributed by atoms with E-state index in [4.69, 9.17) is 4.74 Å². The normalized spacial score (nSPS) is 24.8. The lowest BCUT2D eigenvalue weighted by Crippen LogP contribution is -2.30. The molecular formula is C31H35FO. The molecule has 2 aliphatic carbocycles. The zero-order chi connectivity index (χ0) is 22.6. The molecule has 3 aromatic rings. The average molecular weight is 443 g/mol. The number of rotatable bonds is 6. The Morgan fingerprint density at radius 2 is 1.58 bits per heavy atom. The summed E-state index contributed by atoms with van der Waals surface area (Å²) in [6, 6.07) is 23.8. The second-order valence-corrected chi connectivity index (χ2v) is 10.2. The molecule has 1 nitrogen and oxygen atoms in total. The number of halogens is 1. The van der Waals surface area contributed by atoms with Gasteiger partial charge in [-0.2, -0.15) is 0 Å². The molecule has 3 aromatic carbocycles. The third kappa shape index (κ3) is 5.16. The first-order chi connectivity index (χ1) is 16.2. The highest BCUT2D eigenvalue weighted by Crippen LogP contribution is 2.48. The van der Waals surface area contributed by atoms with Crippen molar-refractivity contribution in [2.45, 2.75) is 64.4 Å². The molecule has 1 unspecified atom stereocenters. The van der Waals surface area contributed by atoms with Gasteiger partial charge < -0.3 is 4.74 Å². The van der Waals surface area contributed by atoms with Crippen LogP contribution in [0.3, 0.4) is 0 Å². The van der Waals surface area contributed by atoms with E-state index in [0.29, 0.717) is 18.1 Å².